The van der Waals surface area contributed by atoms with Gasteiger partial charge in [-0.15, -0.1) is 0 Å². The predicted octanol–water partition coefficient (Wildman–Crippen LogP) is 6.08. The summed E-state index contributed by atoms with van der Waals surface area (Å²) in [5, 5.41) is 3.14. The highest BCUT2D eigenvalue weighted by Gasteiger charge is 2.46. The third-order valence-electron chi connectivity index (χ3n) is 7.31. The molecular weight excluding hydrogens is 464 g/mol. The van der Waals surface area contributed by atoms with Crippen molar-refractivity contribution in [2.75, 3.05) is 25.1 Å². The molecule has 2 aliphatic heterocycles. The van der Waals surface area contributed by atoms with Crippen LogP contribution in [0.15, 0.2) is 60.7 Å². The van der Waals surface area contributed by atoms with Crippen LogP contribution in [0.1, 0.15) is 78.2 Å². The fourth-order valence-electron chi connectivity index (χ4n) is 5.53. The van der Waals surface area contributed by atoms with Gasteiger partial charge in [0.15, 0.2) is 11.5 Å². The smallest absolute Gasteiger partial charge is 0.254 e. The van der Waals surface area contributed by atoms with Crippen LogP contribution in [-0.2, 0) is 11.2 Å². The number of amides is 2. The van der Waals surface area contributed by atoms with Crippen LogP contribution in [0.3, 0.4) is 0 Å². The van der Waals surface area contributed by atoms with Crippen LogP contribution >= 0.6 is 0 Å². The summed E-state index contributed by atoms with van der Waals surface area (Å²) in [7, 11) is 0. The molecule has 1 N–H and O–H groups in total. The summed E-state index contributed by atoms with van der Waals surface area (Å²) >= 11 is 0. The molecule has 2 heterocycles. The molecule has 0 aromatic heterocycles. The molecule has 2 aliphatic rings. The maximum absolute atomic E-state index is 14.0. The zero-order valence-corrected chi connectivity index (χ0v) is 21.9. The lowest BCUT2D eigenvalue weighted by atomic mass is 9.75. The van der Waals surface area contributed by atoms with Crippen molar-refractivity contribution in [2.45, 2.75) is 52.0 Å². The molecule has 0 saturated carbocycles. The van der Waals surface area contributed by atoms with Gasteiger partial charge in [-0.3, -0.25) is 9.59 Å². The summed E-state index contributed by atoms with van der Waals surface area (Å²) in [6.07, 6.45) is 0.692. The van der Waals surface area contributed by atoms with E-state index in [2.05, 4.69) is 19.2 Å². The highest BCUT2D eigenvalue weighted by molar-refractivity contribution is 6.04. The second-order valence-electron chi connectivity index (χ2n) is 9.89. The standard InChI is InChI=1S/C31H34N2O4/c1-5-36-26-17-21-15-16-33-29(25(21)18-27(26)37-6-2)28(23-9-7-8-10-24(23)31(33)35)30(34)32-22-13-11-20(12-14-22)19(3)4/h7-14,17-19,28-29H,5-6,15-16H2,1-4H3,(H,32,34)/t28-,29+/m0/s1. The van der Waals surface area contributed by atoms with Gasteiger partial charge in [-0.2, -0.15) is 0 Å². The van der Waals surface area contributed by atoms with E-state index in [9.17, 15) is 9.59 Å². The van der Waals surface area contributed by atoms with Gasteiger partial charge in [-0.1, -0.05) is 44.2 Å². The normalized spacial score (nSPS) is 18.1. The van der Waals surface area contributed by atoms with Gasteiger partial charge in [0, 0.05) is 17.8 Å². The molecule has 6 nitrogen and oxygen atoms in total. The van der Waals surface area contributed by atoms with E-state index in [1.54, 1.807) is 0 Å². The highest BCUT2D eigenvalue weighted by atomic mass is 16.5. The minimum Gasteiger partial charge on any atom is -0.490 e. The molecule has 192 valence electrons. The number of fused-ring (bicyclic) bond motifs is 4. The molecule has 3 aromatic rings. The number of rotatable bonds is 7. The minimum absolute atomic E-state index is 0.0385. The number of benzene rings is 3. The summed E-state index contributed by atoms with van der Waals surface area (Å²) in [6.45, 7) is 9.73. The van der Waals surface area contributed by atoms with E-state index in [-0.39, 0.29) is 11.8 Å². The van der Waals surface area contributed by atoms with E-state index in [1.807, 2.05) is 79.4 Å². The molecule has 0 fully saturated rings. The first kappa shape index (κ1) is 24.9. The first-order valence-corrected chi connectivity index (χ1v) is 13.2. The number of carbonyl (C=O) groups excluding carboxylic acids is 2. The lowest BCUT2D eigenvalue weighted by Crippen LogP contribution is -2.49. The van der Waals surface area contributed by atoms with E-state index in [1.165, 1.54) is 5.56 Å². The van der Waals surface area contributed by atoms with Crippen molar-refractivity contribution in [3.8, 4) is 11.5 Å². The molecule has 0 radical (unpaired) electrons. The molecule has 2 atom stereocenters. The molecule has 0 aliphatic carbocycles. The SMILES string of the molecule is CCOc1cc2c(cc1OCC)[C@@H]1[C@@H](C(=O)Nc3ccc(C(C)C)cc3)c3ccccc3C(=O)N1CC2. The number of anilines is 1. The van der Waals surface area contributed by atoms with Crippen LogP contribution in [0.5, 0.6) is 11.5 Å². The molecule has 2 amide bonds. The van der Waals surface area contributed by atoms with Crippen molar-refractivity contribution in [1.82, 2.24) is 4.90 Å². The van der Waals surface area contributed by atoms with Crippen LogP contribution in [0, 0.1) is 0 Å². The topological polar surface area (TPSA) is 67.9 Å². The summed E-state index contributed by atoms with van der Waals surface area (Å²) < 4.78 is 11.8. The van der Waals surface area contributed by atoms with Crippen molar-refractivity contribution in [3.05, 3.63) is 88.5 Å². The van der Waals surface area contributed by atoms with E-state index < -0.39 is 12.0 Å². The number of nitrogens with one attached hydrogen (secondary N) is 1. The third kappa shape index (κ3) is 4.57. The number of hydrogen-bond donors (Lipinski definition) is 1. The lowest BCUT2D eigenvalue weighted by Gasteiger charge is -2.45. The Morgan fingerprint density at radius 2 is 1.65 bits per heavy atom. The summed E-state index contributed by atoms with van der Waals surface area (Å²) in [5.41, 5.74) is 5.33. The van der Waals surface area contributed by atoms with Gasteiger partial charge < -0.3 is 19.7 Å². The molecule has 5 rings (SSSR count). The Bertz CT molecular complexity index is 1320. The summed E-state index contributed by atoms with van der Waals surface area (Å²) in [6, 6.07) is 19.0. The fourth-order valence-corrected chi connectivity index (χ4v) is 5.53. The maximum atomic E-state index is 14.0. The monoisotopic (exact) mass is 498 g/mol. The van der Waals surface area contributed by atoms with E-state index in [0.29, 0.717) is 49.2 Å². The molecule has 0 saturated heterocycles. The Hall–Kier alpha value is -3.80. The van der Waals surface area contributed by atoms with Crippen molar-refractivity contribution in [1.29, 1.82) is 0 Å². The van der Waals surface area contributed by atoms with Gasteiger partial charge in [0.05, 0.1) is 25.2 Å². The average Bonchev–Trinajstić information content (AvgIpc) is 2.90. The van der Waals surface area contributed by atoms with Crippen LogP contribution in [-0.4, -0.2) is 36.5 Å². The quantitative estimate of drug-likeness (QED) is 0.429. The Labute approximate surface area is 218 Å². The van der Waals surface area contributed by atoms with Crippen LogP contribution < -0.4 is 14.8 Å². The number of hydrogen-bond acceptors (Lipinski definition) is 4. The van der Waals surface area contributed by atoms with E-state index in [0.717, 1.165) is 22.4 Å². The molecule has 37 heavy (non-hydrogen) atoms. The zero-order valence-electron chi connectivity index (χ0n) is 21.9. The first-order valence-electron chi connectivity index (χ1n) is 13.2. The Morgan fingerprint density at radius 3 is 2.32 bits per heavy atom. The number of ether oxygens (including phenoxy) is 2. The molecule has 0 unspecified atom stereocenters. The van der Waals surface area contributed by atoms with Gasteiger partial charge in [0.1, 0.15) is 0 Å². The van der Waals surface area contributed by atoms with Gasteiger partial charge in [0.2, 0.25) is 5.91 Å². The van der Waals surface area contributed by atoms with Crippen molar-refractivity contribution in [3.63, 3.8) is 0 Å². The molecular formula is C31H34N2O4. The summed E-state index contributed by atoms with van der Waals surface area (Å²) in [5.74, 6) is 1.01. The maximum Gasteiger partial charge on any atom is 0.254 e. The zero-order chi connectivity index (χ0) is 26.1. The van der Waals surface area contributed by atoms with Gasteiger partial charge in [0.25, 0.3) is 5.91 Å². The third-order valence-corrected chi connectivity index (χ3v) is 7.31. The summed E-state index contributed by atoms with van der Waals surface area (Å²) in [4.78, 5) is 29.5. The Kier molecular flexibility index (Phi) is 6.92. The van der Waals surface area contributed by atoms with Gasteiger partial charge >= 0.3 is 0 Å². The second-order valence-corrected chi connectivity index (χ2v) is 9.89. The predicted molar refractivity (Wildman–Crippen MR) is 145 cm³/mol. The molecule has 6 heteroatoms. The fraction of sp³-hybridized carbons (Fsp3) is 0.355. The molecule has 3 aromatic carbocycles. The van der Waals surface area contributed by atoms with Gasteiger partial charge in [-0.25, -0.2) is 0 Å². The molecule has 0 spiro atoms. The number of carbonyl (C=O) groups is 2. The second kappa shape index (κ2) is 10.3. The van der Waals surface area contributed by atoms with E-state index in [4.69, 9.17) is 9.47 Å². The lowest BCUT2D eigenvalue weighted by molar-refractivity contribution is -0.119. The first-order chi connectivity index (χ1) is 17.9. The van der Waals surface area contributed by atoms with Crippen LogP contribution in [0.25, 0.3) is 0 Å². The number of nitrogens with zero attached hydrogens (tertiary/aromatic N) is 1. The van der Waals surface area contributed by atoms with Gasteiger partial charge in [-0.05, 0) is 78.8 Å². The van der Waals surface area contributed by atoms with Crippen LogP contribution in [0.4, 0.5) is 5.69 Å². The molecule has 0 bridgehead atoms. The Balaban J connectivity index is 1.60. The van der Waals surface area contributed by atoms with Crippen LogP contribution in [0.2, 0.25) is 0 Å². The highest BCUT2D eigenvalue weighted by Crippen LogP contribution is 2.48. The van der Waals surface area contributed by atoms with Crippen molar-refractivity contribution >= 4 is 17.5 Å². The Morgan fingerprint density at radius 1 is 0.973 bits per heavy atom. The van der Waals surface area contributed by atoms with Crippen molar-refractivity contribution < 1.29 is 19.1 Å². The average molecular weight is 499 g/mol. The largest absolute Gasteiger partial charge is 0.490 e. The van der Waals surface area contributed by atoms with Crippen molar-refractivity contribution in [2.24, 2.45) is 0 Å². The minimum atomic E-state index is -0.565. The van der Waals surface area contributed by atoms with E-state index >= 15 is 0 Å².